The molecule has 0 bridgehead atoms. The van der Waals surface area contributed by atoms with E-state index in [1.54, 1.807) is 6.92 Å². The van der Waals surface area contributed by atoms with E-state index in [4.69, 9.17) is 5.73 Å². The largest absolute Gasteiger partial charge is 0.422 e. The van der Waals surface area contributed by atoms with Crippen molar-refractivity contribution in [2.24, 2.45) is 5.73 Å². The molecule has 16 heavy (non-hydrogen) atoms. The summed E-state index contributed by atoms with van der Waals surface area (Å²) in [5, 5.41) is 9.74. The molecule has 1 aromatic heterocycles. The van der Waals surface area contributed by atoms with Gasteiger partial charge in [-0.15, -0.1) is 0 Å². The Morgan fingerprint density at radius 3 is 2.38 bits per heavy atom. The second-order valence-corrected chi connectivity index (χ2v) is 3.74. The summed E-state index contributed by atoms with van der Waals surface area (Å²) in [4.78, 5) is 3.78. The molecule has 0 aliphatic carbocycles. The molecule has 0 radical (unpaired) electrons. The maximum atomic E-state index is 12.8. The van der Waals surface area contributed by atoms with E-state index in [2.05, 4.69) is 4.98 Å². The van der Waals surface area contributed by atoms with E-state index in [9.17, 15) is 18.3 Å². The first-order valence-electron chi connectivity index (χ1n) is 4.67. The van der Waals surface area contributed by atoms with Crippen molar-refractivity contribution in [2.45, 2.75) is 31.7 Å². The second kappa shape index (κ2) is 4.03. The predicted molar refractivity (Wildman–Crippen MR) is 52.6 cm³/mol. The Labute approximate surface area is 91.1 Å². The Morgan fingerprint density at radius 2 is 2.00 bits per heavy atom. The van der Waals surface area contributed by atoms with Gasteiger partial charge in [0.2, 0.25) is 5.60 Å². The molecule has 0 saturated carbocycles. The van der Waals surface area contributed by atoms with E-state index >= 15 is 0 Å². The van der Waals surface area contributed by atoms with Crippen LogP contribution in [-0.4, -0.2) is 22.3 Å². The van der Waals surface area contributed by atoms with Gasteiger partial charge in [0, 0.05) is 17.9 Å². The molecule has 3 nitrogen and oxygen atoms in total. The van der Waals surface area contributed by atoms with Gasteiger partial charge in [0.1, 0.15) is 0 Å². The van der Waals surface area contributed by atoms with Crippen LogP contribution in [0.2, 0.25) is 0 Å². The zero-order valence-corrected chi connectivity index (χ0v) is 8.92. The molecular weight excluding hydrogens is 221 g/mol. The molecule has 2 atom stereocenters. The van der Waals surface area contributed by atoms with E-state index in [1.807, 2.05) is 0 Å². The van der Waals surface area contributed by atoms with Crippen LogP contribution in [0.3, 0.4) is 0 Å². The lowest BCUT2D eigenvalue weighted by atomic mass is 9.87. The number of aliphatic hydroxyl groups is 1. The number of rotatable bonds is 2. The van der Waals surface area contributed by atoms with Gasteiger partial charge in [0.25, 0.3) is 0 Å². The van der Waals surface area contributed by atoms with Gasteiger partial charge in [-0.3, -0.25) is 4.98 Å². The average molecular weight is 234 g/mol. The number of hydrogen-bond acceptors (Lipinski definition) is 3. The third-order valence-electron chi connectivity index (χ3n) is 2.43. The normalized spacial score (nSPS) is 17.9. The van der Waals surface area contributed by atoms with Crippen LogP contribution in [0.4, 0.5) is 13.2 Å². The number of aromatic nitrogens is 1. The molecule has 0 saturated heterocycles. The summed E-state index contributed by atoms with van der Waals surface area (Å²) in [5.41, 5.74) is 2.31. The number of pyridine rings is 1. The molecule has 0 fully saturated rings. The van der Waals surface area contributed by atoms with Crippen LogP contribution >= 0.6 is 0 Å². The molecule has 0 aliphatic rings. The minimum atomic E-state index is -4.82. The van der Waals surface area contributed by atoms with Crippen LogP contribution in [0, 0.1) is 6.92 Å². The minimum absolute atomic E-state index is 0.289. The summed E-state index contributed by atoms with van der Waals surface area (Å²) in [6, 6.07) is 0.829. The number of aryl methyl sites for hydroxylation is 1. The highest BCUT2D eigenvalue weighted by Gasteiger charge is 2.57. The van der Waals surface area contributed by atoms with Gasteiger partial charge in [0.05, 0.1) is 0 Å². The van der Waals surface area contributed by atoms with Gasteiger partial charge >= 0.3 is 6.18 Å². The van der Waals surface area contributed by atoms with E-state index in [1.165, 1.54) is 12.3 Å². The highest BCUT2D eigenvalue weighted by atomic mass is 19.4. The van der Waals surface area contributed by atoms with Crippen LogP contribution in [0.15, 0.2) is 18.3 Å². The van der Waals surface area contributed by atoms with Gasteiger partial charge < -0.3 is 10.8 Å². The van der Waals surface area contributed by atoms with Gasteiger partial charge in [-0.1, -0.05) is 0 Å². The molecule has 6 heteroatoms. The summed E-state index contributed by atoms with van der Waals surface area (Å²) >= 11 is 0. The molecule has 1 aromatic rings. The van der Waals surface area contributed by atoms with Gasteiger partial charge in [0.15, 0.2) is 0 Å². The molecular formula is C10H13F3N2O. The Morgan fingerprint density at radius 1 is 1.44 bits per heavy atom. The fraction of sp³-hybridized carbons (Fsp3) is 0.500. The molecule has 1 rings (SSSR count). The van der Waals surface area contributed by atoms with Crippen molar-refractivity contribution in [3.05, 3.63) is 29.6 Å². The zero-order valence-electron chi connectivity index (χ0n) is 8.92. The monoisotopic (exact) mass is 234 g/mol. The minimum Gasteiger partial charge on any atom is -0.375 e. The summed E-state index contributed by atoms with van der Waals surface area (Å²) in [5.74, 6) is 0. The number of nitrogens with zero attached hydrogens (tertiary/aromatic N) is 1. The average Bonchev–Trinajstić information content (AvgIpc) is 2.14. The Balaban J connectivity index is 3.34. The molecule has 0 spiro atoms. The lowest BCUT2D eigenvalue weighted by Gasteiger charge is -2.34. The summed E-state index contributed by atoms with van der Waals surface area (Å²) in [6.45, 7) is 2.66. The van der Waals surface area contributed by atoms with E-state index in [-0.39, 0.29) is 5.56 Å². The maximum absolute atomic E-state index is 12.8. The highest BCUT2D eigenvalue weighted by Crippen LogP contribution is 2.40. The molecule has 1 heterocycles. The fourth-order valence-electron chi connectivity index (χ4n) is 1.47. The highest BCUT2D eigenvalue weighted by molar-refractivity contribution is 5.26. The zero-order chi connectivity index (χ0) is 12.6. The standard InChI is InChI=1S/C10H13F3N2O/c1-6-5-8(3-4-15-6)9(16,7(2)14)10(11,12)13/h3-5,7,16H,14H2,1-2H3. The summed E-state index contributed by atoms with van der Waals surface area (Å²) in [7, 11) is 0. The van der Waals surface area contributed by atoms with Gasteiger partial charge in [-0.2, -0.15) is 13.2 Å². The van der Waals surface area contributed by atoms with Crippen molar-refractivity contribution in [3.8, 4) is 0 Å². The van der Waals surface area contributed by atoms with Crippen LogP contribution in [0.25, 0.3) is 0 Å². The first-order valence-corrected chi connectivity index (χ1v) is 4.67. The third-order valence-corrected chi connectivity index (χ3v) is 2.43. The van der Waals surface area contributed by atoms with Crippen molar-refractivity contribution in [1.82, 2.24) is 4.98 Å². The SMILES string of the molecule is Cc1cc(C(O)(C(C)N)C(F)(F)F)ccn1. The fourth-order valence-corrected chi connectivity index (χ4v) is 1.47. The first kappa shape index (κ1) is 12.9. The van der Waals surface area contributed by atoms with E-state index < -0.39 is 17.8 Å². The molecule has 0 amide bonds. The van der Waals surface area contributed by atoms with E-state index in [0.29, 0.717) is 5.69 Å². The van der Waals surface area contributed by atoms with Crippen LogP contribution < -0.4 is 5.73 Å². The van der Waals surface area contributed by atoms with Gasteiger partial charge in [-0.25, -0.2) is 0 Å². The van der Waals surface area contributed by atoms with Crippen LogP contribution in [0.5, 0.6) is 0 Å². The quantitative estimate of drug-likeness (QED) is 0.815. The predicted octanol–water partition coefficient (Wildman–Crippen LogP) is 1.49. The molecule has 2 unspecified atom stereocenters. The lowest BCUT2D eigenvalue weighted by Crippen LogP contribution is -2.54. The van der Waals surface area contributed by atoms with Crippen molar-refractivity contribution in [2.75, 3.05) is 0 Å². The lowest BCUT2D eigenvalue weighted by molar-refractivity contribution is -0.272. The second-order valence-electron chi connectivity index (χ2n) is 3.74. The Bertz CT molecular complexity index is 379. The molecule has 0 aliphatic heterocycles. The summed E-state index contributed by atoms with van der Waals surface area (Å²) < 4.78 is 38.5. The smallest absolute Gasteiger partial charge is 0.375 e. The number of halogens is 3. The number of hydrogen-bond donors (Lipinski definition) is 2. The number of nitrogens with two attached hydrogens (primary N) is 1. The van der Waals surface area contributed by atoms with Crippen molar-refractivity contribution >= 4 is 0 Å². The van der Waals surface area contributed by atoms with Crippen molar-refractivity contribution in [3.63, 3.8) is 0 Å². The third kappa shape index (κ3) is 2.03. The van der Waals surface area contributed by atoms with Gasteiger partial charge in [-0.05, 0) is 31.5 Å². The van der Waals surface area contributed by atoms with Crippen LogP contribution in [0.1, 0.15) is 18.2 Å². The van der Waals surface area contributed by atoms with Crippen LogP contribution in [-0.2, 0) is 5.60 Å². The Hall–Kier alpha value is -1.14. The van der Waals surface area contributed by atoms with E-state index in [0.717, 1.165) is 13.0 Å². The Kier molecular flexibility index (Phi) is 3.25. The van der Waals surface area contributed by atoms with Crippen molar-refractivity contribution < 1.29 is 18.3 Å². The molecule has 90 valence electrons. The first-order chi connectivity index (χ1) is 7.19. The molecule has 0 aromatic carbocycles. The molecule has 3 N–H and O–H groups in total. The topological polar surface area (TPSA) is 59.1 Å². The number of alkyl halides is 3. The maximum Gasteiger partial charge on any atom is 0.422 e. The summed E-state index contributed by atoms with van der Waals surface area (Å²) in [6.07, 6.45) is -3.61. The van der Waals surface area contributed by atoms with Crippen molar-refractivity contribution in [1.29, 1.82) is 0 Å².